The number of hydrogen-bond donors (Lipinski definition) is 0. The van der Waals surface area contributed by atoms with E-state index in [4.69, 9.17) is 11.6 Å². The molecule has 0 unspecified atom stereocenters. The Balaban J connectivity index is 1.51. The van der Waals surface area contributed by atoms with Crippen molar-refractivity contribution >= 4 is 33.4 Å². The molecule has 0 spiro atoms. The molecule has 0 saturated heterocycles. The van der Waals surface area contributed by atoms with Gasteiger partial charge in [0.25, 0.3) is 0 Å². The Hall–Kier alpha value is -4.24. The Morgan fingerprint density at radius 1 is 0.800 bits per heavy atom. The Bertz CT molecular complexity index is 1880. The Morgan fingerprint density at radius 2 is 1.55 bits per heavy atom. The fraction of sp³-hybridized carbons (Fsp3) is 0.100. The lowest BCUT2D eigenvalue weighted by Gasteiger charge is -2.11. The van der Waals surface area contributed by atoms with E-state index in [-0.39, 0.29) is 16.6 Å². The van der Waals surface area contributed by atoms with Crippen molar-refractivity contribution in [3.63, 3.8) is 0 Å². The van der Waals surface area contributed by atoms with E-state index in [9.17, 15) is 26.3 Å². The quantitative estimate of drug-likeness (QED) is 0.190. The van der Waals surface area contributed by atoms with E-state index in [1.165, 1.54) is 12.1 Å². The molecule has 6 aromatic rings. The molecule has 3 nitrogen and oxygen atoms in total. The molecule has 0 aliphatic heterocycles. The van der Waals surface area contributed by atoms with Gasteiger partial charge < -0.3 is 4.57 Å². The van der Waals surface area contributed by atoms with E-state index in [0.29, 0.717) is 29.3 Å². The van der Waals surface area contributed by atoms with E-state index in [1.807, 2.05) is 41.1 Å². The highest BCUT2D eigenvalue weighted by molar-refractivity contribution is 6.31. The number of rotatable bonds is 5. The first kappa shape index (κ1) is 26.0. The zero-order valence-corrected chi connectivity index (χ0v) is 21.2. The SMILES string of the molecule is Fc1cc(F)c(Cn2nc3c(C(F)(F)F)cccc3c2-c2ccc3c(ccn3Cc3ccccc3Cl)c2)c(F)c1. The van der Waals surface area contributed by atoms with Gasteiger partial charge >= 0.3 is 6.18 Å². The lowest BCUT2D eigenvalue weighted by molar-refractivity contribution is -0.136. The minimum absolute atomic E-state index is 0.160. The van der Waals surface area contributed by atoms with Crippen molar-refractivity contribution < 1.29 is 26.3 Å². The molecule has 0 atom stereocenters. The molecule has 0 saturated carbocycles. The van der Waals surface area contributed by atoms with Crippen LogP contribution in [0.25, 0.3) is 33.1 Å². The van der Waals surface area contributed by atoms with Crippen LogP contribution in [0.2, 0.25) is 5.02 Å². The largest absolute Gasteiger partial charge is 0.418 e. The van der Waals surface area contributed by atoms with Gasteiger partial charge in [-0.2, -0.15) is 18.3 Å². The molecule has 0 N–H and O–H groups in total. The summed E-state index contributed by atoms with van der Waals surface area (Å²) in [5.41, 5.74) is 0.651. The van der Waals surface area contributed by atoms with Crippen LogP contribution in [-0.4, -0.2) is 14.3 Å². The standard InChI is InChI=1S/C30H18ClF6N3/c31-24-7-2-1-4-19(24)15-39-11-10-17-12-18(8-9-27(17)39)29-21-5-3-6-23(30(35,36)37)28(21)38-40(29)16-22-25(33)13-20(32)14-26(22)34/h1-14H,15-16H2. The minimum Gasteiger partial charge on any atom is -0.343 e. The van der Waals surface area contributed by atoms with Crippen LogP contribution < -0.4 is 0 Å². The lowest BCUT2D eigenvalue weighted by atomic mass is 10.0. The van der Waals surface area contributed by atoms with Crippen molar-refractivity contribution in [1.82, 2.24) is 14.3 Å². The molecule has 0 fully saturated rings. The molecule has 40 heavy (non-hydrogen) atoms. The third-order valence-electron chi connectivity index (χ3n) is 6.83. The Kier molecular flexibility index (Phi) is 6.34. The third-order valence-corrected chi connectivity index (χ3v) is 7.20. The molecule has 0 bridgehead atoms. The minimum atomic E-state index is -4.71. The zero-order chi connectivity index (χ0) is 28.2. The summed E-state index contributed by atoms with van der Waals surface area (Å²) in [6.07, 6.45) is -2.83. The lowest BCUT2D eigenvalue weighted by Crippen LogP contribution is -2.09. The van der Waals surface area contributed by atoms with Crippen molar-refractivity contribution in [2.45, 2.75) is 19.3 Å². The van der Waals surface area contributed by atoms with Crippen LogP contribution in [0.4, 0.5) is 26.3 Å². The summed E-state index contributed by atoms with van der Waals surface area (Å²) >= 11 is 6.32. The summed E-state index contributed by atoms with van der Waals surface area (Å²) in [6.45, 7) is -0.0493. The van der Waals surface area contributed by atoms with E-state index >= 15 is 0 Å². The summed E-state index contributed by atoms with van der Waals surface area (Å²) in [7, 11) is 0. The van der Waals surface area contributed by atoms with Crippen LogP contribution in [-0.2, 0) is 19.3 Å². The molecule has 6 rings (SSSR count). The normalized spacial score (nSPS) is 12.1. The zero-order valence-electron chi connectivity index (χ0n) is 20.5. The fourth-order valence-electron chi connectivity index (χ4n) is 4.97. The number of alkyl halides is 3. The second-order valence-corrected chi connectivity index (χ2v) is 9.77. The summed E-state index contributed by atoms with van der Waals surface area (Å²) in [5.74, 6) is -3.42. The van der Waals surface area contributed by atoms with Gasteiger partial charge in [0, 0.05) is 57.3 Å². The number of halogens is 7. The monoisotopic (exact) mass is 569 g/mol. The van der Waals surface area contributed by atoms with Crippen LogP contribution in [0.5, 0.6) is 0 Å². The Labute approximate surface area is 228 Å². The van der Waals surface area contributed by atoms with Crippen LogP contribution in [0, 0.1) is 17.5 Å². The molecule has 0 aliphatic rings. The fourth-order valence-corrected chi connectivity index (χ4v) is 5.16. The third kappa shape index (κ3) is 4.60. The van der Waals surface area contributed by atoms with Crippen molar-refractivity contribution in [3.05, 3.63) is 124 Å². The van der Waals surface area contributed by atoms with E-state index in [1.54, 1.807) is 18.2 Å². The smallest absolute Gasteiger partial charge is 0.343 e. The maximum Gasteiger partial charge on any atom is 0.418 e. The summed E-state index contributed by atoms with van der Waals surface area (Å²) in [4.78, 5) is 0. The number of fused-ring (bicyclic) bond motifs is 2. The molecular formula is C30H18ClF6N3. The highest BCUT2D eigenvalue weighted by atomic mass is 35.5. The van der Waals surface area contributed by atoms with Gasteiger partial charge in [-0.15, -0.1) is 0 Å². The van der Waals surface area contributed by atoms with Crippen LogP contribution in [0.1, 0.15) is 16.7 Å². The van der Waals surface area contributed by atoms with E-state index in [2.05, 4.69) is 5.10 Å². The van der Waals surface area contributed by atoms with Gasteiger partial charge in [0.05, 0.1) is 17.8 Å². The highest BCUT2D eigenvalue weighted by Crippen LogP contribution is 2.39. The molecule has 0 amide bonds. The molecule has 4 aromatic carbocycles. The Morgan fingerprint density at radius 3 is 2.27 bits per heavy atom. The second-order valence-electron chi connectivity index (χ2n) is 9.36. The van der Waals surface area contributed by atoms with Gasteiger partial charge in [-0.3, -0.25) is 4.68 Å². The molecular weight excluding hydrogens is 552 g/mol. The number of benzene rings is 4. The summed E-state index contributed by atoms with van der Waals surface area (Å²) < 4.78 is 87.3. The molecule has 2 aromatic heterocycles. The first-order chi connectivity index (χ1) is 19.1. The van der Waals surface area contributed by atoms with E-state index in [0.717, 1.165) is 27.2 Å². The summed E-state index contributed by atoms with van der Waals surface area (Å²) in [5, 5.41) is 5.73. The first-order valence-electron chi connectivity index (χ1n) is 12.1. The van der Waals surface area contributed by atoms with Gasteiger partial charge in [0.15, 0.2) is 0 Å². The van der Waals surface area contributed by atoms with Gasteiger partial charge in [0.1, 0.15) is 23.0 Å². The number of nitrogens with zero attached hydrogens (tertiary/aromatic N) is 3. The predicted octanol–water partition coefficient (Wildman–Crippen LogP) is 8.84. The summed E-state index contributed by atoms with van der Waals surface area (Å²) in [6, 6.07) is 19.3. The number of aromatic nitrogens is 3. The van der Waals surface area contributed by atoms with Gasteiger partial charge in [-0.05, 0) is 35.9 Å². The predicted molar refractivity (Wildman–Crippen MR) is 142 cm³/mol. The van der Waals surface area contributed by atoms with Gasteiger partial charge in [-0.25, -0.2) is 13.2 Å². The first-order valence-corrected chi connectivity index (χ1v) is 12.5. The molecule has 10 heteroatoms. The number of hydrogen-bond acceptors (Lipinski definition) is 1. The molecule has 2 heterocycles. The average molecular weight is 570 g/mol. The van der Waals surface area contributed by atoms with Crippen molar-refractivity contribution in [1.29, 1.82) is 0 Å². The van der Waals surface area contributed by atoms with Crippen LogP contribution in [0.15, 0.2) is 85.1 Å². The van der Waals surface area contributed by atoms with Crippen molar-refractivity contribution in [3.8, 4) is 11.3 Å². The maximum absolute atomic E-state index is 14.6. The van der Waals surface area contributed by atoms with Crippen molar-refractivity contribution in [2.75, 3.05) is 0 Å². The van der Waals surface area contributed by atoms with Crippen LogP contribution >= 0.6 is 11.6 Å². The maximum atomic E-state index is 14.6. The highest BCUT2D eigenvalue weighted by Gasteiger charge is 2.34. The van der Waals surface area contributed by atoms with E-state index < -0.39 is 41.3 Å². The van der Waals surface area contributed by atoms with Gasteiger partial charge in [-0.1, -0.05) is 48.0 Å². The van der Waals surface area contributed by atoms with Gasteiger partial charge in [0.2, 0.25) is 0 Å². The topological polar surface area (TPSA) is 22.8 Å². The average Bonchev–Trinajstić information content (AvgIpc) is 3.47. The molecule has 0 aliphatic carbocycles. The van der Waals surface area contributed by atoms with Crippen LogP contribution in [0.3, 0.4) is 0 Å². The molecule has 202 valence electrons. The van der Waals surface area contributed by atoms with Crippen molar-refractivity contribution in [2.24, 2.45) is 0 Å². The molecule has 0 radical (unpaired) electrons. The second kappa shape index (κ2) is 9.75.